The predicted octanol–water partition coefficient (Wildman–Crippen LogP) is 3.79. The standard InChI is InChI=1S/C17H16ClF3N2O3S/c1-22(12-6-4-3-5-7-12)16(24)11-23(27(2,25)26)13-8-9-15(18)14(10-13)17(19,20)21/h3-10H,11H2,1-2H3. The number of hydrogen-bond donors (Lipinski definition) is 0. The Morgan fingerprint density at radius 1 is 1.07 bits per heavy atom. The third-order valence-corrected chi connectivity index (χ3v) is 5.21. The van der Waals surface area contributed by atoms with E-state index < -0.39 is 39.2 Å². The molecule has 0 aliphatic rings. The number of nitrogens with zero attached hydrogens (tertiary/aromatic N) is 2. The molecule has 0 saturated heterocycles. The molecule has 0 unspecified atom stereocenters. The Kier molecular flexibility index (Phi) is 6.06. The average molecular weight is 421 g/mol. The summed E-state index contributed by atoms with van der Waals surface area (Å²) in [6.07, 6.45) is -3.95. The number of likely N-dealkylation sites (N-methyl/N-ethyl adjacent to an activating group) is 1. The van der Waals surface area contributed by atoms with Gasteiger partial charge in [0.25, 0.3) is 0 Å². The number of halogens is 4. The van der Waals surface area contributed by atoms with E-state index in [2.05, 4.69) is 0 Å². The van der Waals surface area contributed by atoms with E-state index in [-0.39, 0.29) is 5.69 Å². The van der Waals surface area contributed by atoms with Crippen LogP contribution >= 0.6 is 11.6 Å². The second-order valence-electron chi connectivity index (χ2n) is 5.72. The second kappa shape index (κ2) is 7.77. The first-order chi connectivity index (χ1) is 12.4. The minimum absolute atomic E-state index is 0.302. The number of benzene rings is 2. The number of carbonyl (C=O) groups is 1. The summed E-state index contributed by atoms with van der Waals surface area (Å²) in [5.41, 5.74) is -0.966. The molecular weight excluding hydrogens is 405 g/mol. The Morgan fingerprint density at radius 2 is 1.67 bits per heavy atom. The van der Waals surface area contributed by atoms with Crippen molar-refractivity contribution in [2.45, 2.75) is 6.18 Å². The lowest BCUT2D eigenvalue weighted by Crippen LogP contribution is -2.41. The molecule has 2 rings (SSSR count). The Bertz CT molecular complexity index is 934. The molecule has 2 aromatic carbocycles. The third-order valence-electron chi connectivity index (χ3n) is 3.74. The van der Waals surface area contributed by atoms with Crippen LogP contribution in [0, 0.1) is 0 Å². The fourth-order valence-electron chi connectivity index (χ4n) is 2.31. The van der Waals surface area contributed by atoms with Crippen molar-refractivity contribution in [1.82, 2.24) is 0 Å². The number of para-hydroxylation sites is 1. The summed E-state index contributed by atoms with van der Waals surface area (Å²) in [5.74, 6) is -0.616. The van der Waals surface area contributed by atoms with E-state index in [9.17, 15) is 26.4 Å². The molecule has 10 heteroatoms. The Morgan fingerprint density at radius 3 is 2.19 bits per heavy atom. The van der Waals surface area contributed by atoms with E-state index in [1.807, 2.05) is 0 Å². The summed E-state index contributed by atoms with van der Waals surface area (Å²) in [4.78, 5) is 13.7. The smallest absolute Gasteiger partial charge is 0.314 e. The lowest BCUT2D eigenvalue weighted by Gasteiger charge is -2.26. The van der Waals surface area contributed by atoms with Crippen molar-refractivity contribution in [2.75, 3.05) is 29.1 Å². The van der Waals surface area contributed by atoms with Crippen molar-refractivity contribution in [2.24, 2.45) is 0 Å². The van der Waals surface area contributed by atoms with Gasteiger partial charge in [0.15, 0.2) is 0 Å². The van der Waals surface area contributed by atoms with Crippen molar-refractivity contribution < 1.29 is 26.4 Å². The summed E-state index contributed by atoms with van der Waals surface area (Å²) >= 11 is 5.57. The number of hydrogen-bond acceptors (Lipinski definition) is 3. The van der Waals surface area contributed by atoms with Gasteiger partial charge in [-0.3, -0.25) is 9.10 Å². The maximum Gasteiger partial charge on any atom is 0.417 e. The molecule has 1 amide bonds. The summed E-state index contributed by atoms with van der Waals surface area (Å²) in [6, 6.07) is 11.1. The predicted molar refractivity (Wildman–Crippen MR) is 98.5 cm³/mol. The first-order valence-electron chi connectivity index (χ1n) is 7.57. The van der Waals surface area contributed by atoms with Crippen LogP contribution in [0.5, 0.6) is 0 Å². The van der Waals surface area contributed by atoms with Crippen molar-refractivity contribution in [3.63, 3.8) is 0 Å². The zero-order valence-electron chi connectivity index (χ0n) is 14.4. The molecule has 0 fully saturated rings. The first-order valence-corrected chi connectivity index (χ1v) is 9.80. The average Bonchev–Trinajstić information content (AvgIpc) is 2.58. The molecule has 0 N–H and O–H groups in total. The molecule has 0 atom stereocenters. The topological polar surface area (TPSA) is 57.7 Å². The van der Waals surface area contributed by atoms with E-state index in [1.165, 1.54) is 11.9 Å². The van der Waals surface area contributed by atoms with Crippen LogP contribution in [-0.4, -0.2) is 34.2 Å². The van der Waals surface area contributed by atoms with Crippen molar-refractivity contribution in [3.8, 4) is 0 Å². The minimum atomic E-state index is -4.76. The van der Waals surface area contributed by atoms with Crippen LogP contribution < -0.4 is 9.21 Å². The minimum Gasteiger partial charge on any atom is -0.314 e. The number of anilines is 2. The highest BCUT2D eigenvalue weighted by molar-refractivity contribution is 7.92. The molecule has 0 radical (unpaired) electrons. The van der Waals surface area contributed by atoms with Crippen molar-refractivity contribution in [1.29, 1.82) is 0 Å². The van der Waals surface area contributed by atoms with Gasteiger partial charge in [-0.1, -0.05) is 29.8 Å². The third kappa shape index (κ3) is 5.14. The van der Waals surface area contributed by atoms with Gasteiger partial charge in [0.1, 0.15) is 6.54 Å². The van der Waals surface area contributed by atoms with Crippen LogP contribution in [0.15, 0.2) is 48.5 Å². The molecule has 0 heterocycles. The van der Waals surface area contributed by atoms with Crippen LogP contribution in [-0.2, 0) is 21.0 Å². The molecule has 146 valence electrons. The van der Waals surface area contributed by atoms with E-state index in [4.69, 9.17) is 11.6 Å². The summed E-state index contributed by atoms with van der Waals surface area (Å²) in [5, 5.41) is -0.563. The van der Waals surface area contributed by atoms with Crippen LogP contribution in [0.2, 0.25) is 5.02 Å². The second-order valence-corrected chi connectivity index (χ2v) is 8.03. The van der Waals surface area contributed by atoms with Gasteiger partial charge < -0.3 is 4.90 Å². The normalized spacial score (nSPS) is 11.9. The van der Waals surface area contributed by atoms with Crippen LogP contribution in [0.3, 0.4) is 0 Å². The van der Waals surface area contributed by atoms with Crippen LogP contribution in [0.4, 0.5) is 24.5 Å². The molecule has 0 aliphatic heterocycles. The number of amides is 1. The SMILES string of the molecule is CN(C(=O)CN(c1ccc(Cl)c(C(F)(F)F)c1)S(C)(=O)=O)c1ccccc1. The highest BCUT2D eigenvalue weighted by Crippen LogP contribution is 2.37. The van der Waals surface area contributed by atoms with Crippen LogP contribution in [0.25, 0.3) is 0 Å². The van der Waals surface area contributed by atoms with E-state index in [1.54, 1.807) is 30.3 Å². The van der Waals surface area contributed by atoms with Gasteiger partial charge >= 0.3 is 6.18 Å². The van der Waals surface area contributed by atoms with E-state index in [0.717, 1.165) is 18.4 Å². The lowest BCUT2D eigenvalue weighted by atomic mass is 10.2. The van der Waals surface area contributed by atoms with E-state index in [0.29, 0.717) is 16.1 Å². The van der Waals surface area contributed by atoms with Gasteiger partial charge in [0.05, 0.1) is 22.5 Å². The van der Waals surface area contributed by atoms with Gasteiger partial charge in [-0.25, -0.2) is 8.42 Å². The molecule has 27 heavy (non-hydrogen) atoms. The quantitative estimate of drug-likeness (QED) is 0.739. The summed E-state index contributed by atoms with van der Waals surface area (Å²) in [6.45, 7) is -0.664. The molecule has 5 nitrogen and oxygen atoms in total. The Labute approximate surface area is 160 Å². The number of carbonyl (C=O) groups excluding carboxylic acids is 1. The summed E-state index contributed by atoms with van der Waals surface area (Å²) < 4.78 is 64.1. The molecular formula is C17H16ClF3N2O3S. The molecule has 0 aliphatic carbocycles. The fraction of sp³-hybridized carbons (Fsp3) is 0.235. The van der Waals surface area contributed by atoms with Crippen molar-refractivity contribution >= 4 is 38.9 Å². The zero-order chi connectivity index (χ0) is 20.4. The largest absolute Gasteiger partial charge is 0.417 e. The maximum absolute atomic E-state index is 13.1. The van der Waals surface area contributed by atoms with Gasteiger partial charge in [-0.05, 0) is 30.3 Å². The number of rotatable bonds is 5. The monoisotopic (exact) mass is 420 g/mol. The Hall–Kier alpha value is -2.26. The highest BCUT2D eigenvalue weighted by atomic mass is 35.5. The highest BCUT2D eigenvalue weighted by Gasteiger charge is 2.34. The summed E-state index contributed by atoms with van der Waals surface area (Å²) in [7, 11) is -2.58. The molecule has 0 aromatic heterocycles. The maximum atomic E-state index is 13.1. The van der Waals surface area contributed by atoms with Gasteiger partial charge in [0, 0.05) is 12.7 Å². The van der Waals surface area contributed by atoms with Gasteiger partial charge in [-0.2, -0.15) is 13.2 Å². The van der Waals surface area contributed by atoms with Gasteiger partial charge in [-0.15, -0.1) is 0 Å². The van der Waals surface area contributed by atoms with E-state index >= 15 is 0 Å². The molecule has 0 bridgehead atoms. The molecule has 0 saturated carbocycles. The lowest BCUT2D eigenvalue weighted by molar-refractivity contribution is -0.137. The van der Waals surface area contributed by atoms with Gasteiger partial charge in [0.2, 0.25) is 15.9 Å². The molecule has 0 spiro atoms. The Balaban J connectivity index is 2.39. The molecule has 2 aromatic rings. The fourth-order valence-corrected chi connectivity index (χ4v) is 3.38. The first kappa shape index (κ1) is 21.0. The number of sulfonamides is 1. The van der Waals surface area contributed by atoms with Crippen molar-refractivity contribution in [3.05, 3.63) is 59.1 Å². The number of alkyl halides is 3. The van der Waals surface area contributed by atoms with Crippen LogP contribution in [0.1, 0.15) is 5.56 Å². The zero-order valence-corrected chi connectivity index (χ0v) is 15.9.